The van der Waals surface area contributed by atoms with Crippen molar-refractivity contribution in [2.75, 3.05) is 0 Å². The third-order valence-corrected chi connectivity index (χ3v) is 3.10. The van der Waals surface area contributed by atoms with Gasteiger partial charge in [-0.15, -0.1) is 5.10 Å². The highest BCUT2D eigenvalue weighted by molar-refractivity contribution is 5.92. The Bertz CT molecular complexity index is 758. The van der Waals surface area contributed by atoms with Gasteiger partial charge in [0.05, 0.1) is 11.7 Å². The zero-order valence-electron chi connectivity index (χ0n) is 12.4. The maximum Gasteiger partial charge on any atom is 0.325 e. The van der Waals surface area contributed by atoms with Crippen LogP contribution in [0.1, 0.15) is 29.9 Å². The number of hydrogen-bond acceptors (Lipinski definition) is 4. The molecule has 0 atom stereocenters. The van der Waals surface area contributed by atoms with Crippen LogP contribution >= 0.6 is 0 Å². The van der Waals surface area contributed by atoms with Crippen molar-refractivity contribution in [1.82, 2.24) is 20.3 Å². The average Bonchev–Trinajstić information content (AvgIpc) is 2.85. The molecule has 0 spiro atoms. The van der Waals surface area contributed by atoms with Crippen LogP contribution in [0.2, 0.25) is 0 Å². The first-order valence-electron chi connectivity index (χ1n) is 6.59. The number of carboxylic acid groups (broad SMARTS) is 1. The summed E-state index contributed by atoms with van der Waals surface area (Å²) in [6, 6.07) is 3.06. The molecule has 0 fully saturated rings. The Balaban J connectivity index is 2.17. The van der Waals surface area contributed by atoms with E-state index in [1.54, 1.807) is 13.8 Å². The van der Waals surface area contributed by atoms with Crippen molar-refractivity contribution in [2.24, 2.45) is 0 Å². The molecule has 0 aliphatic rings. The standard InChI is InChI=1S/C14H14F2N4O3/c1-14(2,9-4-3-8(15)5-10(9)16)17-13(23)11-6-20(19-18-11)7-12(21)22/h3-6H,7H2,1-2H3,(H,17,23)(H,21,22). The molecule has 0 unspecified atom stereocenters. The number of rotatable bonds is 5. The molecule has 0 bridgehead atoms. The summed E-state index contributed by atoms with van der Waals surface area (Å²) in [5.74, 6) is -3.29. The quantitative estimate of drug-likeness (QED) is 0.864. The second-order valence-electron chi connectivity index (χ2n) is 5.40. The molecule has 1 amide bonds. The number of nitrogens with zero attached hydrogens (tertiary/aromatic N) is 3. The summed E-state index contributed by atoms with van der Waals surface area (Å²) in [4.78, 5) is 22.7. The van der Waals surface area contributed by atoms with Gasteiger partial charge in [0.15, 0.2) is 5.69 Å². The first-order chi connectivity index (χ1) is 10.7. The fraction of sp³-hybridized carbons (Fsp3) is 0.286. The van der Waals surface area contributed by atoms with Crippen LogP contribution in [0.5, 0.6) is 0 Å². The van der Waals surface area contributed by atoms with Crippen molar-refractivity contribution in [3.63, 3.8) is 0 Å². The Labute approximate surface area is 129 Å². The van der Waals surface area contributed by atoms with Crippen molar-refractivity contribution in [2.45, 2.75) is 25.9 Å². The molecule has 0 radical (unpaired) electrons. The van der Waals surface area contributed by atoms with Crippen LogP contribution in [0.25, 0.3) is 0 Å². The first kappa shape index (κ1) is 16.5. The smallest absolute Gasteiger partial charge is 0.325 e. The van der Waals surface area contributed by atoms with Crippen LogP contribution < -0.4 is 5.32 Å². The van der Waals surface area contributed by atoms with E-state index in [-0.39, 0.29) is 11.3 Å². The van der Waals surface area contributed by atoms with Gasteiger partial charge >= 0.3 is 5.97 Å². The molecule has 23 heavy (non-hydrogen) atoms. The monoisotopic (exact) mass is 324 g/mol. The lowest BCUT2D eigenvalue weighted by Gasteiger charge is -2.26. The minimum Gasteiger partial charge on any atom is -0.480 e. The van der Waals surface area contributed by atoms with E-state index in [4.69, 9.17) is 5.11 Å². The fourth-order valence-corrected chi connectivity index (χ4v) is 2.03. The van der Waals surface area contributed by atoms with Crippen molar-refractivity contribution in [3.8, 4) is 0 Å². The molecule has 0 saturated heterocycles. The Hall–Kier alpha value is -2.84. The molecule has 0 saturated carbocycles. The van der Waals surface area contributed by atoms with Crippen LogP contribution in [0, 0.1) is 11.6 Å². The van der Waals surface area contributed by atoms with E-state index in [9.17, 15) is 18.4 Å². The van der Waals surface area contributed by atoms with Gasteiger partial charge in [0.1, 0.15) is 18.2 Å². The maximum atomic E-state index is 13.9. The lowest BCUT2D eigenvalue weighted by molar-refractivity contribution is -0.137. The third kappa shape index (κ3) is 3.87. The number of amides is 1. The highest BCUT2D eigenvalue weighted by atomic mass is 19.1. The number of hydrogen-bond donors (Lipinski definition) is 2. The highest BCUT2D eigenvalue weighted by Crippen LogP contribution is 2.24. The molecule has 1 aromatic heterocycles. The van der Waals surface area contributed by atoms with Gasteiger partial charge in [-0.05, 0) is 19.9 Å². The second-order valence-corrected chi connectivity index (χ2v) is 5.40. The van der Waals surface area contributed by atoms with E-state index in [0.717, 1.165) is 16.8 Å². The van der Waals surface area contributed by atoms with E-state index < -0.39 is 35.6 Å². The number of carbonyl (C=O) groups is 2. The highest BCUT2D eigenvalue weighted by Gasteiger charge is 2.28. The predicted molar refractivity (Wildman–Crippen MR) is 74.5 cm³/mol. The molecule has 2 N–H and O–H groups in total. The first-order valence-corrected chi connectivity index (χ1v) is 6.59. The van der Waals surface area contributed by atoms with Crippen LogP contribution in [-0.2, 0) is 16.9 Å². The van der Waals surface area contributed by atoms with Gasteiger partial charge in [-0.2, -0.15) is 0 Å². The fourth-order valence-electron chi connectivity index (χ4n) is 2.03. The maximum absolute atomic E-state index is 13.9. The molecule has 2 aromatic rings. The summed E-state index contributed by atoms with van der Waals surface area (Å²) in [5.41, 5.74) is -1.14. The Morgan fingerprint density at radius 2 is 2.04 bits per heavy atom. The molecule has 1 heterocycles. The molecule has 1 aromatic carbocycles. The zero-order valence-corrected chi connectivity index (χ0v) is 12.4. The number of aromatic nitrogens is 3. The van der Waals surface area contributed by atoms with Crippen molar-refractivity contribution < 1.29 is 23.5 Å². The molecule has 0 aliphatic heterocycles. The Morgan fingerprint density at radius 1 is 1.35 bits per heavy atom. The van der Waals surface area contributed by atoms with Gasteiger partial charge in [-0.1, -0.05) is 11.3 Å². The van der Waals surface area contributed by atoms with E-state index in [2.05, 4.69) is 15.6 Å². The van der Waals surface area contributed by atoms with Crippen molar-refractivity contribution in [3.05, 3.63) is 47.3 Å². The van der Waals surface area contributed by atoms with Gasteiger partial charge in [-0.3, -0.25) is 9.59 Å². The topological polar surface area (TPSA) is 97.1 Å². The average molecular weight is 324 g/mol. The third-order valence-electron chi connectivity index (χ3n) is 3.10. The molecular weight excluding hydrogens is 310 g/mol. The van der Waals surface area contributed by atoms with Gasteiger partial charge < -0.3 is 10.4 Å². The zero-order chi connectivity index (χ0) is 17.2. The predicted octanol–water partition coefficient (Wildman–Crippen LogP) is 1.31. The number of carboxylic acids is 1. The van der Waals surface area contributed by atoms with Crippen molar-refractivity contribution >= 4 is 11.9 Å². The number of nitrogens with one attached hydrogen (secondary N) is 1. The van der Waals surface area contributed by atoms with Gasteiger partial charge in [-0.25, -0.2) is 13.5 Å². The van der Waals surface area contributed by atoms with Gasteiger partial charge in [0.2, 0.25) is 0 Å². The van der Waals surface area contributed by atoms with E-state index in [0.29, 0.717) is 0 Å². The number of benzene rings is 1. The largest absolute Gasteiger partial charge is 0.480 e. The molecule has 7 nitrogen and oxygen atoms in total. The van der Waals surface area contributed by atoms with E-state index in [1.165, 1.54) is 12.3 Å². The summed E-state index contributed by atoms with van der Waals surface area (Å²) in [6.07, 6.45) is 1.17. The van der Waals surface area contributed by atoms with E-state index >= 15 is 0 Å². The summed E-state index contributed by atoms with van der Waals surface area (Å²) in [6.45, 7) is 2.65. The minimum atomic E-state index is -1.13. The molecule has 0 aliphatic carbocycles. The molecular formula is C14H14F2N4O3. The summed E-state index contributed by atoms with van der Waals surface area (Å²) >= 11 is 0. The number of aliphatic carboxylic acids is 1. The summed E-state index contributed by atoms with van der Waals surface area (Å²) in [7, 11) is 0. The SMILES string of the molecule is CC(C)(NC(=O)c1cn(CC(=O)O)nn1)c1ccc(F)cc1F. The number of halogens is 2. The molecule has 122 valence electrons. The molecule has 9 heteroatoms. The summed E-state index contributed by atoms with van der Waals surface area (Å²) in [5, 5.41) is 18.3. The normalized spacial score (nSPS) is 11.3. The van der Waals surface area contributed by atoms with Crippen LogP contribution in [0.3, 0.4) is 0 Å². The van der Waals surface area contributed by atoms with Crippen LogP contribution in [0.4, 0.5) is 8.78 Å². The van der Waals surface area contributed by atoms with Crippen LogP contribution in [0.15, 0.2) is 24.4 Å². The molecule has 2 rings (SSSR count). The van der Waals surface area contributed by atoms with Gasteiger partial charge in [0.25, 0.3) is 5.91 Å². The minimum absolute atomic E-state index is 0.102. The summed E-state index contributed by atoms with van der Waals surface area (Å²) < 4.78 is 27.8. The van der Waals surface area contributed by atoms with E-state index in [1.807, 2.05) is 0 Å². The number of carbonyl (C=O) groups excluding carboxylic acids is 1. The Morgan fingerprint density at radius 3 is 2.65 bits per heavy atom. The lowest BCUT2D eigenvalue weighted by Crippen LogP contribution is -2.41. The Kier molecular flexibility index (Phi) is 4.39. The van der Waals surface area contributed by atoms with Gasteiger partial charge in [0, 0.05) is 11.6 Å². The van der Waals surface area contributed by atoms with Crippen molar-refractivity contribution in [1.29, 1.82) is 0 Å². The second kappa shape index (κ2) is 6.11. The van der Waals surface area contributed by atoms with Crippen LogP contribution in [-0.4, -0.2) is 32.0 Å². The lowest BCUT2D eigenvalue weighted by atomic mass is 9.93.